The lowest BCUT2D eigenvalue weighted by molar-refractivity contribution is -0.125. The van der Waals surface area contributed by atoms with E-state index in [9.17, 15) is 14.3 Å². The molecule has 0 aliphatic carbocycles. The number of alkyl halides is 1. The number of hydrogen-bond donors (Lipinski definition) is 2. The zero-order valence-electron chi connectivity index (χ0n) is 10.1. The molecule has 4 heteroatoms. The number of hydrogen-bond acceptors (Lipinski definition) is 2. The van der Waals surface area contributed by atoms with Crippen LogP contribution >= 0.6 is 0 Å². The molecule has 1 amide bonds. The van der Waals surface area contributed by atoms with E-state index >= 15 is 0 Å². The number of carbonyl (C=O) groups excluding carboxylic acids is 1. The minimum atomic E-state index is -1.02. The number of aliphatic hydroxyl groups excluding tert-OH is 1. The van der Waals surface area contributed by atoms with Crippen LogP contribution in [-0.4, -0.2) is 23.7 Å². The smallest absolute Gasteiger partial charge is 0.222 e. The summed E-state index contributed by atoms with van der Waals surface area (Å²) in [7, 11) is 0. The van der Waals surface area contributed by atoms with Crippen LogP contribution in [0.2, 0.25) is 0 Å². The lowest BCUT2D eigenvalue weighted by Gasteiger charge is -2.22. The number of aliphatic hydroxyl groups is 1. The van der Waals surface area contributed by atoms with Crippen LogP contribution in [0.3, 0.4) is 0 Å². The molecular weight excluding hydrogens is 221 g/mol. The van der Waals surface area contributed by atoms with Gasteiger partial charge in [0, 0.05) is 5.92 Å². The van der Waals surface area contributed by atoms with Crippen LogP contribution in [0, 0.1) is 5.92 Å². The lowest BCUT2D eigenvalue weighted by Crippen LogP contribution is -2.42. The molecule has 0 aliphatic rings. The molecule has 0 radical (unpaired) electrons. The lowest BCUT2D eigenvalue weighted by atomic mass is 10.0. The highest BCUT2D eigenvalue weighted by molar-refractivity contribution is 5.78. The van der Waals surface area contributed by atoms with Crippen LogP contribution in [-0.2, 0) is 4.79 Å². The molecule has 0 aromatic heterocycles. The van der Waals surface area contributed by atoms with E-state index in [2.05, 4.69) is 5.32 Å². The first-order valence-electron chi connectivity index (χ1n) is 5.65. The van der Waals surface area contributed by atoms with Gasteiger partial charge in [0.25, 0.3) is 0 Å². The summed E-state index contributed by atoms with van der Waals surface area (Å²) in [6, 6.07) is 7.85. The monoisotopic (exact) mass is 239 g/mol. The van der Waals surface area contributed by atoms with Gasteiger partial charge in [-0.25, -0.2) is 4.39 Å². The van der Waals surface area contributed by atoms with Gasteiger partial charge < -0.3 is 10.4 Å². The second-order valence-corrected chi connectivity index (χ2v) is 4.28. The Hall–Kier alpha value is -1.42. The van der Waals surface area contributed by atoms with Crippen molar-refractivity contribution in [2.75, 3.05) is 6.67 Å². The van der Waals surface area contributed by atoms with Gasteiger partial charge >= 0.3 is 0 Å². The van der Waals surface area contributed by atoms with E-state index in [4.69, 9.17) is 0 Å². The summed E-state index contributed by atoms with van der Waals surface area (Å²) < 4.78 is 12.8. The molecule has 1 rings (SSSR count). The van der Waals surface area contributed by atoms with Gasteiger partial charge in [0.2, 0.25) is 5.91 Å². The number of halogens is 1. The molecule has 0 fully saturated rings. The zero-order valence-corrected chi connectivity index (χ0v) is 10.1. The Morgan fingerprint density at radius 3 is 2.41 bits per heavy atom. The Labute approximate surface area is 101 Å². The van der Waals surface area contributed by atoms with Crippen molar-refractivity contribution in [1.29, 1.82) is 0 Å². The Bertz CT molecular complexity index is 354. The van der Waals surface area contributed by atoms with E-state index in [1.165, 1.54) is 0 Å². The molecule has 0 spiro atoms. The van der Waals surface area contributed by atoms with Gasteiger partial charge in [-0.15, -0.1) is 0 Å². The number of amides is 1. The number of rotatable bonds is 5. The third kappa shape index (κ3) is 3.82. The van der Waals surface area contributed by atoms with Crippen molar-refractivity contribution in [2.24, 2.45) is 5.92 Å². The SMILES string of the molecule is CC(C)C(=O)N[C@H](CF)[C@H](O)c1ccccc1. The van der Waals surface area contributed by atoms with E-state index in [-0.39, 0.29) is 11.8 Å². The number of carbonyl (C=O) groups is 1. The second kappa shape index (κ2) is 6.35. The maximum Gasteiger partial charge on any atom is 0.222 e. The minimum absolute atomic E-state index is 0.230. The van der Waals surface area contributed by atoms with Gasteiger partial charge in [0.05, 0.1) is 6.04 Å². The normalized spacial score (nSPS) is 14.4. The molecule has 1 aromatic rings. The predicted molar refractivity (Wildman–Crippen MR) is 64.1 cm³/mol. The van der Waals surface area contributed by atoms with Crippen molar-refractivity contribution in [3.8, 4) is 0 Å². The maximum atomic E-state index is 12.8. The molecule has 3 nitrogen and oxygen atoms in total. The van der Waals surface area contributed by atoms with Crippen molar-refractivity contribution in [3.63, 3.8) is 0 Å². The molecule has 0 aliphatic heterocycles. The van der Waals surface area contributed by atoms with E-state index in [0.29, 0.717) is 5.56 Å². The Morgan fingerprint density at radius 2 is 1.94 bits per heavy atom. The minimum Gasteiger partial charge on any atom is -0.386 e. The van der Waals surface area contributed by atoms with E-state index in [1.54, 1.807) is 38.1 Å². The average Bonchev–Trinajstić information content (AvgIpc) is 2.35. The highest BCUT2D eigenvalue weighted by Gasteiger charge is 2.23. The van der Waals surface area contributed by atoms with E-state index in [0.717, 1.165) is 0 Å². The van der Waals surface area contributed by atoms with E-state index in [1.807, 2.05) is 6.07 Å². The summed E-state index contributed by atoms with van der Waals surface area (Å²) in [6.07, 6.45) is -1.02. The molecule has 0 heterocycles. The van der Waals surface area contributed by atoms with Crippen LogP contribution in [0.15, 0.2) is 30.3 Å². The maximum absolute atomic E-state index is 12.8. The first-order chi connectivity index (χ1) is 8.06. The molecule has 0 saturated carbocycles. The van der Waals surface area contributed by atoms with Gasteiger partial charge in [0.1, 0.15) is 12.8 Å². The summed E-state index contributed by atoms with van der Waals surface area (Å²) in [4.78, 5) is 11.5. The van der Waals surface area contributed by atoms with Crippen molar-refractivity contribution in [2.45, 2.75) is 26.0 Å². The molecule has 2 N–H and O–H groups in total. The Balaban J connectivity index is 2.71. The van der Waals surface area contributed by atoms with Gasteiger partial charge in [-0.2, -0.15) is 0 Å². The first-order valence-corrected chi connectivity index (χ1v) is 5.65. The van der Waals surface area contributed by atoms with Crippen LogP contribution < -0.4 is 5.32 Å². The fraction of sp³-hybridized carbons (Fsp3) is 0.462. The molecular formula is C13H18FNO2. The number of benzene rings is 1. The highest BCUT2D eigenvalue weighted by Crippen LogP contribution is 2.17. The largest absolute Gasteiger partial charge is 0.386 e. The Morgan fingerprint density at radius 1 is 1.35 bits per heavy atom. The third-order valence-electron chi connectivity index (χ3n) is 2.54. The molecule has 0 unspecified atom stereocenters. The molecule has 0 saturated heterocycles. The van der Waals surface area contributed by atoms with Crippen molar-refractivity contribution in [3.05, 3.63) is 35.9 Å². The quantitative estimate of drug-likeness (QED) is 0.823. The summed E-state index contributed by atoms with van der Waals surface area (Å²) in [5.41, 5.74) is 0.596. The van der Waals surface area contributed by atoms with Crippen LogP contribution in [0.25, 0.3) is 0 Å². The molecule has 94 valence electrons. The Kier molecular flexibility index (Phi) is 5.10. The van der Waals surface area contributed by atoms with Crippen LogP contribution in [0.4, 0.5) is 4.39 Å². The summed E-state index contributed by atoms with van der Waals surface area (Å²) in [6.45, 7) is 2.65. The molecule has 0 bridgehead atoms. The fourth-order valence-electron chi connectivity index (χ4n) is 1.43. The van der Waals surface area contributed by atoms with Crippen LogP contribution in [0.1, 0.15) is 25.5 Å². The predicted octanol–water partition coefficient (Wildman–Crippen LogP) is 1.83. The topological polar surface area (TPSA) is 49.3 Å². The van der Waals surface area contributed by atoms with Gasteiger partial charge in [0.15, 0.2) is 0 Å². The third-order valence-corrected chi connectivity index (χ3v) is 2.54. The average molecular weight is 239 g/mol. The zero-order chi connectivity index (χ0) is 12.8. The van der Waals surface area contributed by atoms with Gasteiger partial charge in [-0.05, 0) is 5.56 Å². The first kappa shape index (κ1) is 13.6. The molecule has 17 heavy (non-hydrogen) atoms. The second-order valence-electron chi connectivity index (χ2n) is 4.28. The summed E-state index contributed by atoms with van der Waals surface area (Å²) >= 11 is 0. The van der Waals surface area contributed by atoms with E-state index < -0.39 is 18.8 Å². The van der Waals surface area contributed by atoms with Crippen molar-refractivity contribution < 1.29 is 14.3 Å². The molecule has 2 atom stereocenters. The number of nitrogens with one attached hydrogen (secondary N) is 1. The van der Waals surface area contributed by atoms with Crippen molar-refractivity contribution >= 4 is 5.91 Å². The standard InChI is InChI=1S/C13H18FNO2/c1-9(2)13(17)15-11(8-14)12(16)10-6-4-3-5-7-10/h3-7,9,11-12,16H,8H2,1-2H3,(H,15,17)/t11-,12-/m1/s1. The summed E-state index contributed by atoms with van der Waals surface area (Å²) in [5, 5.41) is 12.5. The highest BCUT2D eigenvalue weighted by atomic mass is 19.1. The van der Waals surface area contributed by atoms with Gasteiger partial charge in [-0.3, -0.25) is 4.79 Å². The van der Waals surface area contributed by atoms with Gasteiger partial charge in [-0.1, -0.05) is 44.2 Å². The fourth-order valence-corrected chi connectivity index (χ4v) is 1.43. The van der Waals surface area contributed by atoms with Crippen molar-refractivity contribution in [1.82, 2.24) is 5.32 Å². The molecule has 1 aromatic carbocycles. The summed E-state index contributed by atoms with van der Waals surface area (Å²) in [5.74, 6) is -0.491. The van der Waals surface area contributed by atoms with Crippen LogP contribution in [0.5, 0.6) is 0 Å².